The minimum absolute atomic E-state index is 0.0168. The molecular formula is C18H16N2O5. The summed E-state index contributed by atoms with van der Waals surface area (Å²) in [6.45, 7) is 1.71. The van der Waals surface area contributed by atoms with Gasteiger partial charge in [-0.3, -0.25) is 14.9 Å². The minimum atomic E-state index is -0.489. The number of amides is 1. The highest BCUT2D eigenvalue weighted by molar-refractivity contribution is 6.03. The summed E-state index contributed by atoms with van der Waals surface area (Å²) in [5, 5.41) is 13.3. The van der Waals surface area contributed by atoms with Gasteiger partial charge in [0.25, 0.3) is 5.69 Å². The van der Waals surface area contributed by atoms with Crippen molar-refractivity contribution in [3.8, 4) is 0 Å². The lowest BCUT2D eigenvalue weighted by atomic mass is 10.1. The van der Waals surface area contributed by atoms with E-state index in [2.05, 4.69) is 5.32 Å². The van der Waals surface area contributed by atoms with E-state index < -0.39 is 10.9 Å². The Morgan fingerprint density at radius 1 is 1.16 bits per heavy atom. The standard InChI is InChI=1S/C18H16N2O5/c1-12-15(18(22)25-2)4-3-5-16(12)19-17(21)11-8-13-6-9-14(10-7-13)20(23)24/h3-11H,1-2H3,(H,19,21). The summed E-state index contributed by atoms with van der Waals surface area (Å²) in [5.41, 5.74) is 2.12. The number of non-ortho nitro benzene ring substituents is 1. The molecule has 0 aliphatic heterocycles. The first-order valence-electron chi connectivity index (χ1n) is 7.34. The van der Waals surface area contributed by atoms with Crippen molar-refractivity contribution in [2.24, 2.45) is 0 Å². The van der Waals surface area contributed by atoms with Crippen LogP contribution in [0.3, 0.4) is 0 Å². The third-order valence-corrected chi connectivity index (χ3v) is 3.53. The molecule has 2 aromatic carbocycles. The fourth-order valence-electron chi connectivity index (χ4n) is 2.16. The highest BCUT2D eigenvalue weighted by Crippen LogP contribution is 2.20. The summed E-state index contributed by atoms with van der Waals surface area (Å²) in [7, 11) is 1.29. The number of ether oxygens (including phenoxy) is 1. The zero-order chi connectivity index (χ0) is 18.4. The van der Waals surface area contributed by atoms with Gasteiger partial charge >= 0.3 is 5.97 Å². The lowest BCUT2D eigenvalue weighted by Crippen LogP contribution is -2.11. The summed E-state index contributed by atoms with van der Waals surface area (Å²) in [6, 6.07) is 10.8. The zero-order valence-corrected chi connectivity index (χ0v) is 13.7. The Hall–Kier alpha value is -3.48. The smallest absolute Gasteiger partial charge is 0.338 e. The van der Waals surface area contributed by atoms with Crippen LogP contribution in [-0.2, 0) is 9.53 Å². The number of carbonyl (C=O) groups excluding carboxylic acids is 2. The quantitative estimate of drug-likeness (QED) is 0.389. The maximum atomic E-state index is 12.0. The van der Waals surface area contributed by atoms with Crippen molar-refractivity contribution in [3.63, 3.8) is 0 Å². The molecule has 1 amide bonds. The highest BCUT2D eigenvalue weighted by atomic mass is 16.6. The molecule has 0 aromatic heterocycles. The SMILES string of the molecule is COC(=O)c1cccc(NC(=O)C=Cc2ccc([N+](=O)[O-])cc2)c1C. The van der Waals surface area contributed by atoms with Gasteiger partial charge in [-0.15, -0.1) is 0 Å². The van der Waals surface area contributed by atoms with E-state index in [-0.39, 0.29) is 11.6 Å². The van der Waals surface area contributed by atoms with E-state index in [1.54, 1.807) is 43.3 Å². The van der Waals surface area contributed by atoms with Crippen LogP contribution in [0.5, 0.6) is 0 Å². The van der Waals surface area contributed by atoms with Crippen LogP contribution >= 0.6 is 0 Å². The molecule has 0 fully saturated rings. The minimum Gasteiger partial charge on any atom is -0.465 e. The summed E-state index contributed by atoms with van der Waals surface area (Å²) in [4.78, 5) is 33.8. The van der Waals surface area contributed by atoms with Gasteiger partial charge in [0.15, 0.2) is 0 Å². The molecule has 0 aliphatic carbocycles. The Labute approximate surface area is 144 Å². The van der Waals surface area contributed by atoms with E-state index in [0.717, 1.165) is 0 Å². The van der Waals surface area contributed by atoms with Crippen molar-refractivity contribution >= 4 is 29.3 Å². The van der Waals surface area contributed by atoms with Crippen molar-refractivity contribution < 1.29 is 19.2 Å². The molecule has 0 spiro atoms. The van der Waals surface area contributed by atoms with E-state index in [1.807, 2.05) is 0 Å². The van der Waals surface area contributed by atoms with Gasteiger partial charge in [0.2, 0.25) is 5.91 Å². The van der Waals surface area contributed by atoms with Crippen LogP contribution in [0.2, 0.25) is 0 Å². The van der Waals surface area contributed by atoms with Gasteiger partial charge in [0.1, 0.15) is 0 Å². The monoisotopic (exact) mass is 340 g/mol. The molecule has 0 unspecified atom stereocenters. The summed E-state index contributed by atoms with van der Waals surface area (Å²) >= 11 is 0. The van der Waals surface area contributed by atoms with E-state index >= 15 is 0 Å². The van der Waals surface area contributed by atoms with Crippen LogP contribution in [0.4, 0.5) is 11.4 Å². The predicted octanol–water partition coefficient (Wildman–Crippen LogP) is 3.34. The Kier molecular flexibility index (Phi) is 5.62. The summed E-state index contributed by atoms with van der Waals surface area (Å²) < 4.78 is 4.70. The van der Waals surface area contributed by atoms with Crippen LogP contribution in [-0.4, -0.2) is 23.9 Å². The first kappa shape index (κ1) is 17.9. The van der Waals surface area contributed by atoms with E-state index in [0.29, 0.717) is 22.4 Å². The molecular weight excluding hydrogens is 324 g/mol. The fraction of sp³-hybridized carbons (Fsp3) is 0.111. The Balaban J connectivity index is 2.10. The van der Waals surface area contributed by atoms with Gasteiger partial charge in [0, 0.05) is 23.9 Å². The van der Waals surface area contributed by atoms with Crippen molar-refractivity contribution in [1.82, 2.24) is 0 Å². The Bertz CT molecular complexity index is 841. The van der Waals surface area contributed by atoms with Crippen LogP contribution in [0, 0.1) is 17.0 Å². The number of carbonyl (C=O) groups is 2. The maximum Gasteiger partial charge on any atom is 0.338 e. The number of anilines is 1. The molecule has 2 rings (SSSR count). The fourth-order valence-corrected chi connectivity index (χ4v) is 2.16. The van der Waals surface area contributed by atoms with E-state index in [4.69, 9.17) is 4.74 Å². The number of nitrogens with one attached hydrogen (secondary N) is 1. The number of benzene rings is 2. The molecule has 0 radical (unpaired) electrons. The van der Waals surface area contributed by atoms with Gasteiger partial charge in [-0.1, -0.05) is 6.07 Å². The maximum absolute atomic E-state index is 12.0. The molecule has 2 aromatic rings. The number of nitrogens with zero attached hydrogens (tertiary/aromatic N) is 1. The number of methoxy groups -OCH3 is 1. The molecule has 25 heavy (non-hydrogen) atoms. The molecule has 7 heteroatoms. The molecule has 0 heterocycles. The first-order chi connectivity index (χ1) is 11.9. The third kappa shape index (κ3) is 4.51. The number of rotatable bonds is 5. The molecule has 128 valence electrons. The van der Waals surface area contributed by atoms with Crippen molar-refractivity contribution in [1.29, 1.82) is 0 Å². The van der Waals surface area contributed by atoms with Gasteiger partial charge in [-0.25, -0.2) is 4.79 Å². The van der Waals surface area contributed by atoms with Gasteiger partial charge in [-0.2, -0.15) is 0 Å². The van der Waals surface area contributed by atoms with E-state index in [9.17, 15) is 19.7 Å². The second-order valence-electron chi connectivity index (χ2n) is 5.14. The van der Waals surface area contributed by atoms with Crippen LogP contribution in [0.15, 0.2) is 48.5 Å². The average Bonchev–Trinajstić information content (AvgIpc) is 2.61. The number of hydrogen-bond acceptors (Lipinski definition) is 5. The van der Waals surface area contributed by atoms with Crippen LogP contribution in [0.25, 0.3) is 6.08 Å². The van der Waals surface area contributed by atoms with Crippen LogP contribution in [0.1, 0.15) is 21.5 Å². The number of esters is 1. The third-order valence-electron chi connectivity index (χ3n) is 3.53. The molecule has 0 saturated carbocycles. The van der Waals surface area contributed by atoms with Crippen molar-refractivity contribution in [3.05, 3.63) is 75.3 Å². The lowest BCUT2D eigenvalue weighted by molar-refractivity contribution is -0.384. The Morgan fingerprint density at radius 2 is 1.84 bits per heavy atom. The van der Waals surface area contributed by atoms with Crippen LogP contribution < -0.4 is 5.32 Å². The number of nitro groups is 1. The number of nitro benzene ring substituents is 1. The first-order valence-corrected chi connectivity index (χ1v) is 7.34. The summed E-state index contributed by atoms with van der Waals surface area (Å²) in [5.74, 6) is -0.863. The topological polar surface area (TPSA) is 98.5 Å². The van der Waals surface area contributed by atoms with Gasteiger partial charge in [-0.05, 0) is 48.4 Å². The normalized spacial score (nSPS) is 10.5. The average molecular weight is 340 g/mol. The second kappa shape index (κ2) is 7.87. The molecule has 0 aliphatic rings. The summed E-state index contributed by atoms with van der Waals surface area (Å²) in [6.07, 6.45) is 2.85. The second-order valence-corrected chi connectivity index (χ2v) is 5.14. The zero-order valence-electron chi connectivity index (χ0n) is 13.7. The van der Waals surface area contributed by atoms with Crippen molar-refractivity contribution in [2.75, 3.05) is 12.4 Å². The highest BCUT2D eigenvalue weighted by Gasteiger charge is 2.12. The predicted molar refractivity (Wildman–Crippen MR) is 93.3 cm³/mol. The Morgan fingerprint density at radius 3 is 2.44 bits per heavy atom. The molecule has 7 nitrogen and oxygen atoms in total. The van der Waals surface area contributed by atoms with E-state index in [1.165, 1.54) is 25.3 Å². The van der Waals surface area contributed by atoms with Gasteiger partial charge in [0.05, 0.1) is 17.6 Å². The van der Waals surface area contributed by atoms with Gasteiger partial charge < -0.3 is 10.1 Å². The molecule has 0 saturated heterocycles. The molecule has 0 atom stereocenters. The van der Waals surface area contributed by atoms with Crippen molar-refractivity contribution in [2.45, 2.75) is 6.92 Å². The largest absolute Gasteiger partial charge is 0.465 e. The molecule has 1 N–H and O–H groups in total. The molecule has 0 bridgehead atoms. The lowest BCUT2D eigenvalue weighted by Gasteiger charge is -2.10. The number of hydrogen-bond donors (Lipinski definition) is 1.